The summed E-state index contributed by atoms with van der Waals surface area (Å²) in [6, 6.07) is 14.2. The average Bonchev–Trinajstić information content (AvgIpc) is 2.46. The topological polar surface area (TPSA) is 64.9 Å². The number of rotatable bonds is 6. The van der Waals surface area contributed by atoms with Crippen molar-refractivity contribution < 1.29 is 10.2 Å². The molecule has 0 bridgehead atoms. The lowest BCUT2D eigenvalue weighted by Gasteiger charge is -2.06. The number of nitrogens with zero attached hydrogens (tertiary/aromatic N) is 1. The van der Waals surface area contributed by atoms with Crippen LogP contribution in [0.5, 0.6) is 11.5 Å². The van der Waals surface area contributed by atoms with Gasteiger partial charge in [-0.05, 0) is 30.7 Å². The van der Waals surface area contributed by atoms with E-state index in [9.17, 15) is 10.2 Å². The lowest BCUT2D eigenvalue weighted by molar-refractivity contribution is 0.474. The number of hydrogen-bond donors (Lipinski definition) is 3. The maximum atomic E-state index is 9.57. The molecule has 0 amide bonds. The summed E-state index contributed by atoms with van der Waals surface area (Å²) in [7, 11) is 0. The summed E-state index contributed by atoms with van der Waals surface area (Å²) >= 11 is 0. The molecule has 4 heteroatoms. The van der Waals surface area contributed by atoms with Gasteiger partial charge in [-0.3, -0.25) is 4.99 Å². The zero-order valence-corrected chi connectivity index (χ0v) is 11.2. The van der Waals surface area contributed by atoms with Crippen LogP contribution in [0.1, 0.15) is 12.0 Å². The Kier molecular flexibility index (Phi) is 5.00. The van der Waals surface area contributed by atoms with Crippen LogP contribution >= 0.6 is 0 Å². The van der Waals surface area contributed by atoms with Crippen LogP contribution in [-0.2, 0) is 0 Å². The van der Waals surface area contributed by atoms with Gasteiger partial charge in [0.2, 0.25) is 0 Å². The monoisotopic (exact) mass is 270 g/mol. The van der Waals surface area contributed by atoms with Gasteiger partial charge in [-0.1, -0.05) is 24.3 Å². The smallest absolute Gasteiger partial charge is 0.138 e. The molecular weight excluding hydrogens is 252 g/mol. The summed E-state index contributed by atoms with van der Waals surface area (Å²) in [6.45, 7) is 1.39. The predicted octanol–water partition coefficient (Wildman–Crippen LogP) is 3.02. The van der Waals surface area contributed by atoms with Gasteiger partial charge in [0.15, 0.2) is 0 Å². The van der Waals surface area contributed by atoms with Crippen LogP contribution in [0.2, 0.25) is 0 Å². The first-order valence-electron chi connectivity index (χ1n) is 6.57. The van der Waals surface area contributed by atoms with Crippen LogP contribution in [-0.4, -0.2) is 29.5 Å². The van der Waals surface area contributed by atoms with Gasteiger partial charge < -0.3 is 15.5 Å². The average molecular weight is 270 g/mol. The van der Waals surface area contributed by atoms with Crippen molar-refractivity contribution in [2.45, 2.75) is 6.42 Å². The molecule has 0 heterocycles. The highest BCUT2D eigenvalue weighted by Gasteiger charge is 1.97. The largest absolute Gasteiger partial charge is 0.507 e. The Hall–Kier alpha value is -2.49. The van der Waals surface area contributed by atoms with Crippen LogP contribution < -0.4 is 5.32 Å². The van der Waals surface area contributed by atoms with E-state index in [2.05, 4.69) is 10.3 Å². The molecule has 0 aliphatic rings. The molecule has 0 fully saturated rings. The second kappa shape index (κ2) is 7.19. The van der Waals surface area contributed by atoms with Crippen LogP contribution in [0.3, 0.4) is 0 Å². The summed E-state index contributed by atoms with van der Waals surface area (Å²) in [5, 5.41) is 22.3. The van der Waals surface area contributed by atoms with E-state index < -0.39 is 0 Å². The summed E-state index contributed by atoms with van der Waals surface area (Å²) in [5.41, 5.74) is 1.46. The number of benzene rings is 2. The second-order valence-corrected chi connectivity index (χ2v) is 4.39. The first-order valence-corrected chi connectivity index (χ1v) is 6.57. The summed E-state index contributed by atoms with van der Waals surface area (Å²) in [6.07, 6.45) is 2.52. The van der Waals surface area contributed by atoms with Crippen molar-refractivity contribution in [3.05, 3.63) is 54.1 Å². The van der Waals surface area contributed by atoms with E-state index in [0.717, 1.165) is 24.2 Å². The quantitative estimate of drug-likeness (QED) is 0.429. The molecule has 0 saturated heterocycles. The van der Waals surface area contributed by atoms with Crippen molar-refractivity contribution in [2.24, 2.45) is 4.99 Å². The Labute approximate surface area is 118 Å². The molecule has 2 aromatic carbocycles. The number of aliphatic imine (C=N–C) groups is 1. The molecular formula is C16H18N2O2. The fourth-order valence-corrected chi connectivity index (χ4v) is 1.78. The molecule has 0 aliphatic carbocycles. The van der Waals surface area contributed by atoms with Gasteiger partial charge in [0.05, 0.1) is 5.69 Å². The third kappa shape index (κ3) is 4.02. The Morgan fingerprint density at radius 2 is 1.65 bits per heavy atom. The van der Waals surface area contributed by atoms with Crippen molar-refractivity contribution in [3.63, 3.8) is 0 Å². The molecule has 2 aromatic rings. The van der Waals surface area contributed by atoms with E-state index in [-0.39, 0.29) is 11.5 Å². The number of phenols is 2. The molecule has 4 nitrogen and oxygen atoms in total. The van der Waals surface area contributed by atoms with E-state index >= 15 is 0 Å². The number of phenolic OH excluding ortho intramolecular Hbond substituents is 2. The molecule has 0 unspecified atom stereocenters. The Morgan fingerprint density at radius 1 is 0.950 bits per heavy atom. The van der Waals surface area contributed by atoms with E-state index in [4.69, 9.17) is 0 Å². The molecule has 3 N–H and O–H groups in total. The summed E-state index contributed by atoms with van der Waals surface area (Å²) in [5.74, 6) is 0.494. The molecule has 0 aliphatic heterocycles. The maximum Gasteiger partial charge on any atom is 0.138 e. The third-order valence-electron chi connectivity index (χ3n) is 2.85. The zero-order valence-electron chi connectivity index (χ0n) is 11.2. The fraction of sp³-hybridized carbons (Fsp3) is 0.188. The minimum absolute atomic E-state index is 0.239. The molecule has 2 rings (SSSR count). The van der Waals surface area contributed by atoms with Gasteiger partial charge in [0.25, 0.3) is 0 Å². The Bertz CT molecular complexity index is 582. The van der Waals surface area contributed by atoms with Crippen molar-refractivity contribution in [3.8, 4) is 11.5 Å². The molecule has 0 spiro atoms. The first kappa shape index (κ1) is 13.9. The Morgan fingerprint density at radius 3 is 2.40 bits per heavy atom. The fourth-order valence-electron chi connectivity index (χ4n) is 1.78. The van der Waals surface area contributed by atoms with Gasteiger partial charge in [0.1, 0.15) is 11.5 Å². The minimum Gasteiger partial charge on any atom is -0.507 e. The SMILES string of the molecule is Oc1ccccc1C=NCCCNc1ccccc1O. The van der Waals surface area contributed by atoms with Crippen molar-refractivity contribution in [2.75, 3.05) is 18.4 Å². The van der Waals surface area contributed by atoms with E-state index in [0.29, 0.717) is 6.54 Å². The lowest BCUT2D eigenvalue weighted by Crippen LogP contribution is -2.03. The lowest BCUT2D eigenvalue weighted by atomic mass is 10.2. The Balaban J connectivity index is 1.72. The normalized spacial score (nSPS) is 10.8. The second-order valence-electron chi connectivity index (χ2n) is 4.39. The van der Waals surface area contributed by atoms with Crippen LogP contribution in [0.25, 0.3) is 0 Å². The number of aromatic hydroxyl groups is 2. The van der Waals surface area contributed by atoms with Crippen molar-refractivity contribution in [1.82, 2.24) is 0 Å². The van der Waals surface area contributed by atoms with Crippen molar-refractivity contribution in [1.29, 1.82) is 0 Å². The van der Waals surface area contributed by atoms with Crippen LogP contribution in [0.15, 0.2) is 53.5 Å². The first-order chi connectivity index (χ1) is 9.77. The van der Waals surface area contributed by atoms with Crippen LogP contribution in [0.4, 0.5) is 5.69 Å². The molecule has 0 atom stereocenters. The predicted molar refractivity (Wildman–Crippen MR) is 81.8 cm³/mol. The molecule has 0 aromatic heterocycles. The molecule has 104 valence electrons. The standard InChI is InChI=1S/C16H18N2O2/c19-15-8-3-1-6-13(15)12-17-10-5-11-18-14-7-2-4-9-16(14)20/h1-4,6-9,12,18-20H,5,10-11H2. The van der Waals surface area contributed by atoms with Gasteiger partial charge >= 0.3 is 0 Å². The molecule has 0 saturated carbocycles. The van der Waals surface area contributed by atoms with Crippen LogP contribution in [0, 0.1) is 0 Å². The number of para-hydroxylation sites is 3. The van der Waals surface area contributed by atoms with Gasteiger partial charge in [-0.15, -0.1) is 0 Å². The highest BCUT2D eigenvalue weighted by atomic mass is 16.3. The van der Waals surface area contributed by atoms with E-state index in [1.807, 2.05) is 24.3 Å². The number of anilines is 1. The van der Waals surface area contributed by atoms with Gasteiger partial charge in [-0.2, -0.15) is 0 Å². The van der Waals surface area contributed by atoms with Gasteiger partial charge in [-0.25, -0.2) is 0 Å². The molecule has 0 radical (unpaired) electrons. The van der Waals surface area contributed by atoms with Gasteiger partial charge in [0, 0.05) is 24.9 Å². The number of hydrogen-bond acceptors (Lipinski definition) is 4. The van der Waals surface area contributed by atoms with E-state index in [1.165, 1.54) is 0 Å². The van der Waals surface area contributed by atoms with E-state index in [1.54, 1.807) is 30.5 Å². The number of nitrogens with one attached hydrogen (secondary N) is 1. The maximum absolute atomic E-state index is 9.57. The highest BCUT2D eigenvalue weighted by Crippen LogP contribution is 2.21. The summed E-state index contributed by atoms with van der Waals surface area (Å²) < 4.78 is 0. The minimum atomic E-state index is 0.239. The summed E-state index contributed by atoms with van der Waals surface area (Å²) in [4.78, 5) is 4.27. The van der Waals surface area contributed by atoms with Crippen molar-refractivity contribution >= 4 is 11.9 Å². The molecule has 20 heavy (non-hydrogen) atoms. The zero-order chi connectivity index (χ0) is 14.2. The third-order valence-corrected chi connectivity index (χ3v) is 2.85. The highest BCUT2D eigenvalue weighted by molar-refractivity contribution is 5.83.